The molecule has 21 heavy (non-hydrogen) atoms. The van der Waals surface area contributed by atoms with Gasteiger partial charge in [0.25, 0.3) is 5.91 Å². The molecule has 0 aliphatic carbocycles. The average Bonchev–Trinajstić information content (AvgIpc) is 2.85. The van der Waals surface area contributed by atoms with Crippen molar-refractivity contribution in [3.8, 4) is 5.75 Å². The van der Waals surface area contributed by atoms with Crippen LogP contribution >= 0.6 is 11.3 Å². The van der Waals surface area contributed by atoms with Crippen molar-refractivity contribution in [2.24, 2.45) is 0 Å². The number of nitrogens with one attached hydrogen (secondary N) is 1. The molecule has 1 aromatic carbocycles. The van der Waals surface area contributed by atoms with Gasteiger partial charge in [-0.05, 0) is 18.2 Å². The lowest BCUT2D eigenvalue weighted by Gasteiger charge is -2.08. The maximum absolute atomic E-state index is 11.9. The second-order valence-corrected chi connectivity index (χ2v) is 5.74. The number of thiophene rings is 1. The van der Waals surface area contributed by atoms with Crippen LogP contribution < -0.4 is 15.8 Å². The highest BCUT2D eigenvalue weighted by molar-refractivity contribution is 7.18. The lowest BCUT2D eigenvalue weighted by atomic mass is 10.3. The van der Waals surface area contributed by atoms with Crippen LogP contribution in [0.2, 0.25) is 0 Å². The molecular formula is C15H19N3O2S. The molecule has 6 heteroatoms. The molecule has 0 fully saturated rings. The van der Waals surface area contributed by atoms with Gasteiger partial charge < -0.3 is 20.7 Å². The van der Waals surface area contributed by atoms with Crippen LogP contribution in [0.3, 0.4) is 0 Å². The highest BCUT2D eigenvalue weighted by atomic mass is 32.1. The third-order valence-electron chi connectivity index (χ3n) is 2.77. The molecule has 0 saturated carbocycles. The summed E-state index contributed by atoms with van der Waals surface area (Å²) in [5, 5.41) is 4.08. The van der Waals surface area contributed by atoms with E-state index in [9.17, 15) is 4.79 Å². The predicted molar refractivity (Wildman–Crippen MR) is 87.2 cm³/mol. The molecule has 1 aromatic heterocycles. The first-order valence-electron chi connectivity index (χ1n) is 6.60. The summed E-state index contributed by atoms with van der Waals surface area (Å²) < 4.78 is 5.59. The molecule has 112 valence electrons. The Bertz CT molecular complexity index is 596. The number of anilines is 2. The molecule has 0 unspecified atom stereocenters. The van der Waals surface area contributed by atoms with E-state index in [1.165, 1.54) is 16.2 Å². The molecule has 2 aromatic rings. The third kappa shape index (κ3) is 4.13. The Balaban J connectivity index is 1.84. The molecule has 0 atom stereocenters. The summed E-state index contributed by atoms with van der Waals surface area (Å²) in [7, 11) is 3.42. The quantitative estimate of drug-likeness (QED) is 0.805. The standard InChI is InChI=1S/C15H19N3O2S/c1-18(2)15(19)14-12(16)10-13(21-14)17-8-9-20-11-6-4-3-5-7-11/h3-7,10,17H,8-9,16H2,1-2H3. The molecule has 2 rings (SSSR count). The monoisotopic (exact) mass is 305 g/mol. The number of benzene rings is 1. The topological polar surface area (TPSA) is 67.6 Å². The number of ether oxygens (including phenoxy) is 1. The van der Waals surface area contributed by atoms with Gasteiger partial charge in [0, 0.05) is 20.6 Å². The van der Waals surface area contributed by atoms with Gasteiger partial charge in [0.1, 0.15) is 17.2 Å². The normalized spacial score (nSPS) is 10.2. The fraction of sp³-hybridized carbons (Fsp3) is 0.267. The molecule has 0 spiro atoms. The van der Waals surface area contributed by atoms with Gasteiger partial charge in [0.2, 0.25) is 0 Å². The van der Waals surface area contributed by atoms with Crippen molar-refractivity contribution in [2.45, 2.75) is 0 Å². The van der Waals surface area contributed by atoms with Gasteiger partial charge in [-0.2, -0.15) is 0 Å². The Morgan fingerprint density at radius 3 is 2.71 bits per heavy atom. The van der Waals surface area contributed by atoms with Gasteiger partial charge in [-0.1, -0.05) is 18.2 Å². The van der Waals surface area contributed by atoms with Crippen molar-refractivity contribution in [2.75, 3.05) is 38.3 Å². The van der Waals surface area contributed by atoms with Crippen molar-refractivity contribution >= 4 is 27.9 Å². The molecule has 1 heterocycles. The van der Waals surface area contributed by atoms with Crippen LogP contribution in [-0.2, 0) is 0 Å². The maximum atomic E-state index is 11.9. The molecule has 5 nitrogen and oxygen atoms in total. The lowest BCUT2D eigenvalue weighted by molar-refractivity contribution is 0.0833. The average molecular weight is 305 g/mol. The molecule has 0 aliphatic heterocycles. The summed E-state index contributed by atoms with van der Waals surface area (Å²) in [6.07, 6.45) is 0. The first-order valence-corrected chi connectivity index (χ1v) is 7.42. The number of hydrogen-bond acceptors (Lipinski definition) is 5. The van der Waals surface area contributed by atoms with Gasteiger partial charge in [-0.25, -0.2) is 0 Å². The summed E-state index contributed by atoms with van der Waals surface area (Å²) in [5.74, 6) is 0.763. The van der Waals surface area contributed by atoms with Crippen LogP contribution in [0.15, 0.2) is 36.4 Å². The van der Waals surface area contributed by atoms with Gasteiger partial charge in [-0.15, -0.1) is 11.3 Å². The molecule has 0 aliphatic rings. The Morgan fingerprint density at radius 1 is 1.33 bits per heavy atom. The Morgan fingerprint density at radius 2 is 2.05 bits per heavy atom. The van der Waals surface area contributed by atoms with Crippen LogP contribution in [0.5, 0.6) is 5.75 Å². The fourth-order valence-corrected chi connectivity index (χ4v) is 2.75. The summed E-state index contributed by atoms with van der Waals surface area (Å²) in [6.45, 7) is 1.18. The van der Waals surface area contributed by atoms with E-state index in [0.29, 0.717) is 23.7 Å². The smallest absolute Gasteiger partial charge is 0.265 e. The van der Waals surface area contributed by atoms with Gasteiger partial charge >= 0.3 is 0 Å². The Labute approximate surface area is 128 Å². The summed E-state index contributed by atoms with van der Waals surface area (Å²) in [4.78, 5) is 14.0. The van der Waals surface area contributed by atoms with E-state index in [2.05, 4.69) is 5.32 Å². The number of nitrogens with two attached hydrogens (primary N) is 1. The predicted octanol–water partition coefficient (Wildman–Crippen LogP) is 2.52. The van der Waals surface area contributed by atoms with Gasteiger partial charge in [0.05, 0.1) is 10.7 Å². The van der Waals surface area contributed by atoms with Crippen molar-refractivity contribution in [1.82, 2.24) is 4.90 Å². The molecular weight excluding hydrogens is 286 g/mol. The zero-order valence-corrected chi connectivity index (χ0v) is 12.9. The lowest BCUT2D eigenvalue weighted by Crippen LogP contribution is -2.21. The van der Waals surface area contributed by atoms with E-state index in [0.717, 1.165) is 10.8 Å². The van der Waals surface area contributed by atoms with Gasteiger partial charge in [-0.3, -0.25) is 4.79 Å². The fourth-order valence-electron chi connectivity index (χ4n) is 1.72. The zero-order chi connectivity index (χ0) is 15.2. The van der Waals surface area contributed by atoms with E-state index in [1.807, 2.05) is 30.3 Å². The van der Waals surface area contributed by atoms with E-state index >= 15 is 0 Å². The number of hydrogen-bond donors (Lipinski definition) is 2. The number of carbonyl (C=O) groups is 1. The van der Waals surface area contributed by atoms with Crippen LogP contribution in [0.1, 0.15) is 9.67 Å². The van der Waals surface area contributed by atoms with Crippen molar-refractivity contribution in [3.63, 3.8) is 0 Å². The van der Waals surface area contributed by atoms with Crippen molar-refractivity contribution < 1.29 is 9.53 Å². The highest BCUT2D eigenvalue weighted by Gasteiger charge is 2.15. The van der Waals surface area contributed by atoms with Crippen LogP contribution in [-0.4, -0.2) is 38.1 Å². The summed E-state index contributed by atoms with van der Waals surface area (Å²) in [6, 6.07) is 11.4. The minimum absolute atomic E-state index is 0.0777. The first kappa shape index (κ1) is 15.2. The van der Waals surface area contributed by atoms with Crippen molar-refractivity contribution in [1.29, 1.82) is 0 Å². The van der Waals surface area contributed by atoms with E-state index in [4.69, 9.17) is 10.5 Å². The number of carbonyl (C=O) groups excluding carboxylic acids is 1. The number of para-hydroxylation sites is 1. The molecule has 0 radical (unpaired) electrons. The number of rotatable bonds is 6. The van der Waals surface area contributed by atoms with Crippen LogP contribution in [0, 0.1) is 0 Å². The Hall–Kier alpha value is -2.21. The molecule has 0 bridgehead atoms. The molecule has 3 N–H and O–H groups in total. The largest absolute Gasteiger partial charge is 0.492 e. The highest BCUT2D eigenvalue weighted by Crippen LogP contribution is 2.29. The molecule has 0 saturated heterocycles. The minimum atomic E-state index is -0.0777. The van der Waals surface area contributed by atoms with Crippen molar-refractivity contribution in [3.05, 3.63) is 41.3 Å². The number of amides is 1. The van der Waals surface area contributed by atoms with Crippen LogP contribution in [0.25, 0.3) is 0 Å². The first-order chi connectivity index (χ1) is 10.1. The maximum Gasteiger partial charge on any atom is 0.265 e. The van der Waals surface area contributed by atoms with E-state index in [1.54, 1.807) is 20.2 Å². The number of nitrogen functional groups attached to an aromatic ring is 1. The second-order valence-electron chi connectivity index (χ2n) is 4.68. The Kier molecular flexibility index (Phi) is 5.05. The zero-order valence-electron chi connectivity index (χ0n) is 12.1. The minimum Gasteiger partial charge on any atom is -0.492 e. The molecule has 1 amide bonds. The van der Waals surface area contributed by atoms with Gasteiger partial charge in [0.15, 0.2) is 0 Å². The number of nitrogens with zero attached hydrogens (tertiary/aromatic N) is 1. The van der Waals surface area contributed by atoms with E-state index < -0.39 is 0 Å². The summed E-state index contributed by atoms with van der Waals surface area (Å²) in [5.41, 5.74) is 6.37. The second kappa shape index (κ2) is 6.99. The third-order valence-corrected chi connectivity index (χ3v) is 3.87. The summed E-state index contributed by atoms with van der Waals surface area (Å²) >= 11 is 1.36. The SMILES string of the molecule is CN(C)C(=O)c1sc(NCCOc2ccccc2)cc1N. The van der Waals surface area contributed by atoms with Crippen LogP contribution in [0.4, 0.5) is 10.7 Å². The van der Waals surface area contributed by atoms with E-state index in [-0.39, 0.29) is 5.91 Å².